The van der Waals surface area contributed by atoms with E-state index in [9.17, 15) is 0 Å². The van der Waals surface area contributed by atoms with Gasteiger partial charge in [-0.1, -0.05) is 19.0 Å². The van der Waals surface area contributed by atoms with E-state index < -0.39 is 0 Å². The van der Waals surface area contributed by atoms with Crippen molar-refractivity contribution in [3.8, 4) is 0 Å². The Bertz CT molecular complexity index is 353. The van der Waals surface area contributed by atoms with Crippen molar-refractivity contribution < 1.29 is 9.26 Å². The zero-order chi connectivity index (χ0) is 12.4. The van der Waals surface area contributed by atoms with Gasteiger partial charge in [0.1, 0.15) is 6.10 Å². The lowest BCUT2D eigenvalue weighted by Crippen LogP contribution is -2.26. The van der Waals surface area contributed by atoms with Crippen LogP contribution in [0.1, 0.15) is 37.6 Å². The van der Waals surface area contributed by atoms with Crippen LogP contribution in [0.25, 0.3) is 0 Å². The highest BCUT2D eigenvalue weighted by molar-refractivity contribution is 7.99. The summed E-state index contributed by atoms with van der Waals surface area (Å²) in [5.41, 5.74) is 6.01. The summed E-state index contributed by atoms with van der Waals surface area (Å²) in [6, 6.07) is 0.119. The van der Waals surface area contributed by atoms with Crippen LogP contribution in [-0.2, 0) is 4.74 Å². The van der Waals surface area contributed by atoms with Crippen LogP contribution in [0, 0.1) is 5.92 Å². The molecule has 1 aliphatic rings. The molecule has 2 heterocycles. The zero-order valence-corrected chi connectivity index (χ0v) is 11.2. The number of nitrogens with zero attached hydrogens (tertiary/aromatic N) is 2. The molecule has 17 heavy (non-hydrogen) atoms. The van der Waals surface area contributed by atoms with Crippen molar-refractivity contribution in [3.63, 3.8) is 0 Å². The van der Waals surface area contributed by atoms with Crippen LogP contribution >= 0.6 is 11.8 Å². The number of thioether (sulfide) groups is 1. The molecule has 5 nitrogen and oxygen atoms in total. The second kappa shape index (κ2) is 5.37. The smallest absolute Gasteiger partial charge is 0.232 e. The highest BCUT2D eigenvalue weighted by atomic mass is 32.2. The maximum absolute atomic E-state index is 6.01. The molecule has 0 aromatic carbocycles. The van der Waals surface area contributed by atoms with Gasteiger partial charge in [0.15, 0.2) is 0 Å². The fourth-order valence-corrected chi connectivity index (χ4v) is 3.30. The van der Waals surface area contributed by atoms with Gasteiger partial charge in [0.05, 0.1) is 5.92 Å². The average Bonchev–Trinajstić information content (AvgIpc) is 2.87. The SMILES string of the molecule is COC(c1noc(C2CSCC2N)n1)C(C)C. The maximum atomic E-state index is 6.01. The number of hydrogen-bond acceptors (Lipinski definition) is 6. The van der Waals surface area contributed by atoms with E-state index in [1.807, 2.05) is 11.8 Å². The van der Waals surface area contributed by atoms with Gasteiger partial charge < -0.3 is 15.0 Å². The predicted octanol–water partition coefficient (Wildman–Crippen LogP) is 1.57. The number of methoxy groups -OCH3 is 1. The molecule has 3 atom stereocenters. The second-order valence-electron chi connectivity index (χ2n) is 4.70. The Morgan fingerprint density at radius 1 is 1.47 bits per heavy atom. The van der Waals surface area contributed by atoms with Crippen LogP contribution in [0.2, 0.25) is 0 Å². The number of nitrogens with two attached hydrogens (primary N) is 1. The van der Waals surface area contributed by atoms with Crippen LogP contribution in [0.3, 0.4) is 0 Å². The lowest BCUT2D eigenvalue weighted by atomic mass is 10.0. The fraction of sp³-hybridized carbons (Fsp3) is 0.818. The van der Waals surface area contributed by atoms with E-state index in [1.54, 1.807) is 7.11 Å². The molecular formula is C11H19N3O2S. The first-order valence-electron chi connectivity index (χ1n) is 5.83. The van der Waals surface area contributed by atoms with Gasteiger partial charge in [-0.25, -0.2) is 0 Å². The van der Waals surface area contributed by atoms with Crippen molar-refractivity contribution in [1.29, 1.82) is 0 Å². The van der Waals surface area contributed by atoms with E-state index in [4.69, 9.17) is 15.0 Å². The number of hydrogen-bond donors (Lipinski definition) is 1. The van der Waals surface area contributed by atoms with Crippen molar-refractivity contribution >= 4 is 11.8 Å². The van der Waals surface area contributed by atoms with E-state index in [-0.39, 0.29) is 18.1 Å². The molecule has 0 aliphatic carbocycles. The van der Waals surface area contributed by atoms with Crippen molar-refractivity contribution in [1.82, 2.24) is 10.1 Å². The number of ether oxygens (including phenoxy) is 1. The molecule has 2 rings (SSSR count). The first kappa shape index (κ1) is 12.9. The van der Waals surface area contributed by atoms with Crippen LogP contribution < -0.4 is 5.73 Å². The summed E-state index contributed by atoms with van der Waals surface area (Å²) in [5, 5.41) is 4.01. The van der Waals surface area contributed by atoms with Gasteiger partial charge in [-0.05, 0) is 5.92 Å². The van der Waals surface area contributed by atoms with Crippen molar-refractivity contribution in [3.05, 3.63) is 11.7 Å². The van der Waals surface area contributed by atoms with E-state index >= 15 is 0 Å². The van der Waals surface area contributed by atoms with Crippen LogP contribution in [0.4, 0.5) is 0 Å². The van der Waals surface area contributed by atoms with Gasteiger partial charge in [-0.3, -0.25) is 0 Å². The average molecular weight is 257 g/mol. The summed E-state index contributed by atoms with van der Waals surface area (Å²) in [5.74, 6) is 3.70. The van der Waals surface area contributed by atoms with Crippen molar-refractivity contribution in [2.24, 2.45) is 11.7 Å². The van der Waals surface area contributed by atoms with Crippen LogP contribution in [0.15, 0.2) is 4.52 Å². The highest BCUT2D eigenvalue weighted by Gasteiger charge is 2.32. The fourth-order valence-electron chi connectivity index (χ4n) is 2.01. The topological polar surface area (TPSA) is 74.2 Å². The van der Waals surface area contributed by atoms with E-state index in [0.717, 1.165) is 11.5 Å². The Hall–Kier alpha value is -0.590. The lowest BCUT2D eigenvalue weighted by molar-refractivity contribution is 0.0555. The van der Waals surface area contributed by atoms with Crippen LogP contribution in [0.5, 0.6) is 0 Å². The third kappa shape index (κ3) is 2.64. The summed E-state index contributed by atoms with van der Waals surface area (Å²) < 4.78 is 10.7. The minimum atomic E-state index is -0.113. The molecule has 0 radical (unpaired) electrons. The van der Waals surface area contributed by atoms with Gasteiger partial charge in [0, 0.05) is 24.7 Å². The number of rotatable bonds is 4. The Kier molecular flexibility index (Phi) is 4.06. The molecule has 3 unspecified atom stereocenters. The molecule has 6 heteroatoms. The molecule has 1 fully saturated rings. The summed E-state index contributed by atoms with van der Waals surface area (Å²) in [7, 11) is 1.66. The molecule has 1 saturated heterocycles. The monoisotopic (exact) mass is 257 g/mol. The molecule has 0 bridgehead atoms. The minimum Gasteiger partial charge on any atom is -0.373 e. The summed E-state index contributed by atoms with van der Waals surface area (Å²) in [4.78, 5) is 4.44. The summed E-state index contributed by atoms with van der Waals surface area (Å²) in [6.07, 6.45) is -0.113. The third-order valence-electron chi connectivity index (χ3n) is 3.01. The third-order valence-corrected chi connectivity index (χ3v) is 4.23. The van der Waals surface area contributed by atoms with Gasteiger partial charge >= 0.3 is 0 Å². The molecule has 2 N–H and O–H groups in total. The van der Waals surface area contributed by atoms with E-state index in [0.29, 0.717) is 17.6 Å². The molecule has 1 aromatic heterocycles. The predicted molar refractivity (Wildman–Crippen MR) is 66.9 cm³/mol. The van der Waals surface area contributed by atoms with Gasteiger partial charge in [-0.2, -0.15) is 16.7 Å². The quantitative estimate of drug-likeness (QED) is 0.882. The second-order valence-corrected chi connectivity index (χ2v) is 5.77. The molecule has 0 saturated carbocycles. The van der Waals surface area contributed by atoms with E-state index in [1.165, 1.54) is 0 Å². The van der Waals surface area contributed by atoms with Gasteiger partial charge in [0.2, 0.25) is 11.7 Å². The molecule has 1 aromatic rings. The first-order valence-corrected chi connectivity index (χ1v) is 6.98. The highest BCUT2D eigenvalue weighted by Crippen LogP contribution is 2.32. The standard InChI is InChI=1S/C11H19N3O2S/c1-6(2)9(15-3)10-13-11(16-14-10)7-4-17-5-8(7)12/h6-9H,4-5,12H2,1-3H3. The Morgan fingerprint density at radius 2 is 2.24 bits per heavy atom. The van der Waals surface area contributed by atoms with Crippen molar-refractivity contribution in [2.75, 3.05) is 18.6 Å². The molecular weight excluding hydrogens is 238 g/mol. The molecule has 1 aliphatic heterocycles. The van der Waals surface area contributed by atoms with Crippen LogP contribution in [-0.4, -0.2) is 34.8 Å². The Labute approximate surface area is 105 Å². The zero-order valence-electron chi connectivity index (χ0n) is 10.4. The number of aromatic nitrogens is 2. The molecule has 0 spiro atoms. The van der Waals surface area contributed by atoms with Crippen molar-refractivity contribution in [2.45, 2.75) is 31.9 Å². The maximum Gasteiger partial charge on any atom is 0.232 e. The summed E-state index contributed by atoms with van der Waals surface area (Å²) in [6.45, 7) is 4.14. The lowest BCUT2D eigenvalue weighted by Gasteiger charge is -2.14. The van der Waals surface area contributed by atoms with E-state index in [2.05, 4.69) is 24.0 Å². The molecule has 96 valence electrons. The van der Waals surface area contributed by atoms with Gasteiger partial charge in [-0.15, -0.1) is 0 Å². The first-order chi connectivity index (χ1) is 8.13. The van der Waals surface area contributed by atoms with Gasteiger partial charge in [0.25, 0.3) is 0 Å². The normalized spacial score (nSPS) is 26.6. The Morgan fingerprint density at radius 3 is 2.76 bits per heavy atom. The molecule has 0 amide bonds. The summed E-state index contributed by atoms with van der Waals surface area (Å²) >= 11 is 1.83. The Balaban J connectivity index is 2.14. The minimum absolute atomic E-state index is 0.113. The largest absolute Gasteiger partial charge is 0.373 e.